The predicted octanol–water partition coefficient (Wildman–Crippen LogP) is 6.55. The van der Waals surface area contributed by atoms with E-state index < -0.39 is 47.2 Å². The highest BCUT2D eigenvalue weighted by molar-refractivity contribution is 5.96. The number of hydrogen-bond donors (Lipinski definition) is 3. The van der Waals surface area contributed by atoms with Crippen LogP contribution in [0.15, 0.2) is 73.3 Å². The number of aromatic hydroxyl groups is 1. The van der Waals surface area contributed by atoms with Crippen LogP contribution in [0.2, 0.25) is 0 Å². The van der Waals surface area contributed by atoms with Gasteiger partial charge in [-0.1, -0.05) is 69.7 Å². The summed E-state index contributed by atoms with van der Waals surface area (Å²) in [7, 11) is 3.35. The van der Waals surface area contributed by atoms with Crippen LogP contribution < -0.4 is 10.7 Å². The topological polar surface area (TPSA) is 163 Å². The Hall–Kier alpha value is -5.99. The maximum absolute atomic E-state index is 14.8. The van der Waals surface area contributed by atoms with Crippen LogP contribution in [0.3, 0.4) is 0 Å². The van der Waals surface area contributed by atoms with Gasteiger partial charge in [0.1, 0.15) is 23.9 Å². The molecule has 3 aliphatic heterocycles. The lowest BCUT2D eigenvalue weighted by atomic mass is 9.84. The van der Waals surface area contributed by atoms with E-state index >= 15 is 0 Å². The fourth-order valence-corrected chi connectivity index (χ4v) is 11.0. The van der Waals surface area contributed by atoms with Crippen molar-refractivity contribution < 1.29 is 38.6 Å². The second-order valence-corrected chi connectivity index (χ2v) is 19.7. The third-order valence-corrected chi connectivity index (χ3v) is 14.3. The van der Waals surface area contributed by atoms with Crippen LogP contribution in [0.25, 0.3) is 33.3 Å². The summed E-state index contributed by atoms with van der Waals surface area (Å²) in [5.41, 5.74) is 10.2. The molecule has 14 nitrogen and oxygen atoms in total. The molecule has 1 unspecified atom stereocenters. The summed E-state index contributed by atoms with van der Waals surface area (Å²) >= 11 is 0. The van der Waals surface area contributed by atoms with Crippen LogP contribution >= 0.6 is 0 Å². The molecule has 4 aliphatic rings. The zero-order chi connectivity index (χ0) is 47.6. The molecule has 67 heavy (non-hydrogen) atoms. The van der Waals surface area contributed by atoms with Gasteiger partial charge in [0.05, 0.1) is 24.8 Å². The van der Waals surface area contributed by atoms with Gasteiger partial charge in [0.15, 0.2) is 0 Å². The number of cyclic esters (lactones) is 1. The Morgan fingerprint density at radius 3 is 2.54 bits per heavy atom. The molecule has 0 radical (unpaired) electrons. The van der Waals surface area contributed by atoms with Crippen molar-refractivity contribution in [3.05, 3.63) is 90.0 Å². The van der Waals surface area contributed by atoms with Crippen LogP contribution in [0, 0.1) is 17.3 Å². The number of aromatic nitrogens is 1. The average molecular weight is 915 g/mol. The molecule has 8 rings (SSSR count). The summed E-state index contributed by atoms with van der Waals surface area (Å²) < 4.78 is 14.1. The first kappa shape index (κ1) is 47.5. The number of methoxy groups -OCH3 is 1. The summed E-state index contributed by atoms with van der Waals surface area (Å²) in [4.78, 5) is 73.3. The Morgan fingerprint density at radius 1 is 1.01 bits per heavy atom. The maximum Gasteiger partial charge on any atom is 0.324 e. The molecule has 1 saturated carbocycles. The van der Waals surface area contributed by atoms with Gasteiger partial charge in [-0.25, -0.2) is 5.43 Å². The molecule has 4 heterocycles. The van der Waals surface area contributed by atoms with Crippen molar-refractivity contribution in [2.75, 3.05) is 40.4 Å². The summed E-state index contributed by atoms with van der Waals surface area (Å²) in [6, 6.07) is 17.1. The molecular formula is C53H66N6O8. The maximum atomic E-state index is 14.8. The molecule has 1 aromatic heterocycles. The second-order valence-electron chi connectivity index (χ2n) is 19.7. The highest BCUT2D eigenvalue weighted by Crippen LogP contribution is 2.42. The Bertz CT molecular complexity index is 2540. The number of carbonyl (C=O) groups is 5. The van der Waals surface area contributed by atoms with Crippen molar-refractivity contribution in [1.82, 2.24) is 30.1 Å². The normalized spacial score (nSPS) is 21.7. The molecule has 0 spiro atoms. The molecule has 1 aliphatic carbocycles. The van der Waals surface area contributed by atoms with E-state index in [1.165, 1.54) is 16.0 Å². The molecule has 3 fully saturated rings. The molecule has 3 aromatic carbocycles. The molecule has 4 aromatic rings. The van der Waals surface area contributed by atoms with Gasteiger partial charge in [0.2, 0.25) is 17.7 Å². The highest BCUT2D eigenvalue weighted by atomic mass is 16.5. The standard InChI is InChI=1S/C53H66N6O8/c1-7-46(61)57-23-21-36(30-57)50(63)56(5)47(34-14-9-10-15-34)49(62)54-44-26-33-24-38(27-39(60)25-33)35-19-20-45-41(28-35)42(48(58(45)8-2)40-17-12-11-16-37(40)31-66-6)29-53(3,4)32-67-52(65)43-18-13-22-59(55-43)51(44)64/h7,11-12,16-17,19-20,24-25,27-28,34,36,43-44,47,55,60H,1,8-10,13-15,18,21-23,26,29-32H2,2-6H3,(H,54,62)/t36-,43-,44?,47-/m0/s1. The predicted molar refractivity (Wildman–Crippen MR) is 256 cm³/mol. The van der Waals surface area contributed by atoms with Gasteiger partial charge in [0.25, 0.3) is 5.91 Å². The number of aryl methyl sites for hydroxylation is 1. The van der Waals surface area contributed by atoms with Gasteiger partial charge in [-0.3, -0.25) is 29.0 Å². The number of nitrogens with one attached hydrogen (secondary N) is 2. The Labute approximate surface area is 393 Å². The fraction of sp³-hybridized carbons (Fsp3) is 0.491. The smallest absolute Gasteiger partial charge is 0.324 e. The van der Waals surface area contributed by atoms with Gasteiger partial charge in [0, 0.05) is 68.6 Å². The number of likely N-dealkylation sites (tertiary alicyclic amines) is 1. The minimum atomic E-state index is -1.13. The van der Waals surface area contributed by atoms with Crippen LogP contribution in [-0.2, 0) is 59.4 Å². The summed E-state index contributed by atoms with van der Waals surface area (Å²) in [6.45, 7) is 12.1. The van der Waals surface area contributed by atoms with Crippen LogP contribution in [0.1, 0.15) is 82.4 Å². The molecule has 2 saturated heterocycles. The van der Waals surface area contributed by atoms with Gasteiger partial charge in [-0.2, -0.15) is 0 Å². The first-order valence-electron chi connectivity index (χ1n) is 24.0. The second kappa shape index (κ2) is 20.1. The van der Waals surface area contributed by atoms with Crippen LogP contribution in [0.4, 0.5) is 0 Å². The largest absolute Gasteiger partial charge is 0.508 e. The number of likely N-dealkylation sites (N-methyl/N-ethyl adjacent to an activating group) is 1. The van der Waals surface area contributed by atoms with Gasteiger partial charge >= 0.3 is 5.97 Å². The molecule has 4 atom stereocenters. The van der Waals surface area contributed by atoms with E-state index in [1.54, 1.807) is 31.2 Å². The van der Waals surface area contributed by atoms with E-state index in [0.717, 1.165) is 70.1 Å². The first-order valence-corrected chi connectivity index (χ1v) is 24.0. The number of ether oxygens (including phenoxy) is 2. The van der Waals surface area contributed by atoms with Crippen molar-refractivity contribution in [3.63, 3.8) is 0 Å². The van der Waals surface area contributed by atoms with Gasteiger partial charge < -0.3 is 34.3 Å². The molecule has 3 N–H and O–H groups in total. The monoisotopic (exact) mass is 914 g/mol. The van der Waals surface area contributed by atoms with Gasteiger partial charge in [-0.15, -0.1) is 0 Å². The number of hydrazine groups is 1. The average Bonchev–Trinajstić information content (AvgIpc) is 4.10. The zero-order valence-electron chi connectivity index (χ0n) is 39.6. The van der Waals surface area contributed by atoms with Crippen LogP contribution in [-0.4, -0.2) is 113 Å². The number of rotatable bonds is 10. The first-order chi connectivity index (χ1) is 32.2. The number of phenolic OH excluding ortho intramolecular Hbond substituents is 1. The summed E-state index contributed by atoms with van der Waals surface area (Å²) in [6.07, 6.45) is 6.64. The minimum absolute atomic E-state index is 0.00908. The Balaban J connectivity index is 1.20. The highest BCUT2D eigenvalue weighted by Gasteiger charge is 2.42. The van der Waals surface area contributed by atoms with E-state index in [0.29, 0.717) is 57.5 Å². The Morgan fingerprint density at radius 2 is 1.79 bits per heavy atom. The third kappa shape index (κ3) is 10.0. The van der Waals surface area contributed by atoms with E-state index in [1.807, 2.05) is 24.3 Å². The number of amides is 4. The van der Waals surface area contributed by atoms with Crippen molar-refractivity contribution in [2.45, 2.75) is 110 Å². The number of benzene rings is 3. The summed E-state index contributed by atoms with van der Waals surface area (Å²) in [5.74, 6) is -2.40. The van der Waals surface area contributed by atoms with Crippen molar-refractivity contribution in [1.29, 1.82) is 0 Å². The number of carbonyl (C=O) groups excluding carboxylic acids is 5. The van der Waals surface area contributed by atoms with Crippen molar-refractivity contribution in [2.24, 2.45) is 17.3 Å². The van der Waals surface area contributed by atoms with Crippen molar-refractivity contribution in [3.8, 4) is 28.1 Å². The lowest BCUT2D eigenvalue weighted by Gasteiger charge is -2.37. The van der Waals surface area contributed by atoms with E-state index in [2.05, 4.69) is 66.9 Å². The number of fused-ring (bicyclic) bond motifs is 6. The molecule has 4 amide bonds. The number of esters is 1. The molecule has 6 bridgehead atoms. The van der Waals surface area contributed by atoms with Crippen LogP contribution in [0.5, 0.6) is 5.75 Å². The number of hydrogen-bond acceptors (Lipinski definition) is 9. The van der Waals surface area contributed by atoms with Gasteiger partial charge in [-0.05, 0) is 110 Å². The Kier molecular flexibility index (Phi) is 14.2. The lowest BCUT2D eigenvalue weighted by Crippen LogP contribution is -2.62. The number of nitrogens with zero attached hydrogens (tertiary/aromatic N) is 4. The van der Waals surface area contributed by atoms with Crippen molar-refractivity contribution >= 4 is 40.5 Å². The fourth-order valence-electron chi connectivity index (χ4n) is 11.0. The summed E-state index contributed by atoms with van der Waals surface area (Å²) in [5, 5.41) is 16.9. The van der Waals surface area contributed by atoms with E-state index in [-0.39, 0.29) is 43.1 Å². The molecule has 356 valence electrons. The molecular weight excluding hydrogens is 849 g/mol. The quantitative estimate of drug-likeness (QED) is 0.118. The lowest BCUT2D eigenvalue weighted by molar-refractivity contribution is -0.155. The number of phenols is 1. The molecule has 14 heteroatoms. The minimum Gasteiger partial charge on any atom is -0.508 e. The third-order valence-electron chi connectivity index (χ3n) is 14.3. The zero-order valence-corrected chi connectivity index (χ0v) is 39.6. The van der Waals surface area contributed by atoms with E-state index in [9.17, 15) is 29.1 Å². The SMILES string of the molecule is C=CC(=O)N1CC[C@H](C(=O)N(C)[C@H](C(=O)NC2Cc3cc(O)cc(c3)-c3ccc4c(c3)c(c(-c3ccccc3COC)n4CC)CC(C)(C)COC(=O)[C@@H]3CCCN(N3)C2=O)C2CCCC2)C1. The van der Waals surface area contributed by atoms with E-state index in [4.69, 9.17) is 9.47 Å².